The van der Waals surface area contributed by atoms with Crippen molar-refractivity contribution in [3.63, 3.8) is 0 Å². The third-order valence-electron chi connectivity index (χ3n) is 5.03. The number of phenolic OH excluding ortho intramolecular Hbond substituents is 1. The van der Waals surface area contributed by atoms with Crippen LogP contribution in [0.3, 0.4) is 0 Å². The summed E-state index contributed by atoms with van der Waals surface area (Å²) in [4.78, 5) is 9.27. The maximum Gasteiger partial charge on any atom is 0.160 e. The zero-order chi connectivity index (χ0) is 20.1. The number of phenols is 1. The minimum atomic E-state index is -0.136. The second kappa shape index (κ2) is 6.36. The number of aryl methyl sites for hydroxylation is 2. The molecule has 0 saturated heterocycles. The van der Waals surface area contributed by atoms with E-state index in [1.54, 1.807) is 0 Å². The molecule has 4 heteroatoms. The minimum Gasteiger partial charge on any atom is -0.507 e. The molecular formula is C23H31N3O. The van der Waals surface area contributed by atoms with Gasteiger partial charge in [-0.25, -0.2) is 9.97 Å². The Labute approximate surface area is 162 Å². The zero-order valence-corrected chi connectivity index (χ0v) is 17.8. The van der Waals surface area contributed by atoms with Gasteiger partial charge in [-0.3, -0.25) is 0 Å². The molecule has 0 aliphatic carbocycles. The maximum atomic E-state index is 10.9. The topological polar surface area (TPSA) is 50.9 Å². The molecule has 0 unspecified atom stereocenters. The Kier molecular flexibility index (Phi) is 4.57. The van der Waals surface area contributed by atoms with Crippen LogP contribution in [0.5, 0.6) is 5.75 Å². The smallest absolute Gasteiger partial charge is 0.160 e. The SMILES string of the molecule is Cc1cc(C)c2ncn(Cc3cc(C(C)(C)C)c(O)c(C(C)(C)C)c3)c2n1. The fourth-order valence-electron chi connectivity index (χ4n) is 3.59. The minimum absolute atomic E-state index is 0.136. The van der Waals surface area contributed by atoms with Crippen molar-refractivity contribution < 1.29 is 5.11 Å². The lowest BCUT2D eigenvalue weighted by atomic mass is 9.78. The van der Waals surface area contributed by atoms with E-state index in [0.717, 1.165) is 39.1 Å². The molecule has 0 amide bonds. The molecule has 144 valence electrons. The molecule has 1 N–H and O–H groups in total. The van der Waals surface area contributed by atoms with Crippen LogP contribution in [-0.2, 0) is 17.4 Å². The van der Waals surface area contributed by atoms with E-state index in [4.69, 9.17) is 4.98 Å². The number of aromatic nitrogens is 3. The lowest BCUT2D eigenvalue weighted by molar-refractivity contribution is 0.422. The van der Waals surface area contributed by atoms with Crippen LogP contribution in [0.15, 0.2) is 24.5 Å². The Morgan fingerprint density at radius 2 is 1.48 bits per heavy atom. The number of aromatic hydroxyl groups is 1. The number of fused-ring (bicyclic) bond motifs is 1. The first kappa shape index (κ1) is 19.4. The van der Waals surface area contributed by atoms with E-state index in [1.807, 2.05) is 13.3 Å². The molecule has 0 aliphatic rings. The van der Waals surface area contributed by atoms with Crippen molar-refractivity contribution in [2.75, 3.05) is 0 Å². The quantitative estimate of drug-likeness (QED) is 0.662. The first-order valence-corrected chi connectivity index (χ1v) is 9.54. The van der Waals surface area contributed by atoms with E-state index in [1.165, 1.54) is 0 Å². The van der Waals surface area contributed by atoms with E-state index in [2.05, 4.69) is 76.2 Å². The highest BCUT2D eigenvalue weighted by Gasteiger charge is 2.26. The van der Waals surface area contributed by atoms with Crippen LogP contribution in [0.4, 0.5) is 0 Å². The number of hydrogen-bond acceptors (Lipinski definition) is 3. The van der Waals surface area contributed by atoms with Gasteiger partial charge in [-0.05, 0) is 65.1 Å². The summed E-state index contributed by atoms with van der Waals surface area (Å²) in [5, 5.41) is 10.9. The van der Waals surface area contributed by atoms with Gasteiger partial charge in [-0.15, -0.1) is 0 Å². The summed E-state index contributed by atoms with van der Waals surface area (Å²) in [5.74, 6) is 0.416. The van der Waals surface area contributed by atoms with Crippen molar-refractivity contribution in [3.8, 4) is 5.75 Å². The van der Waals surface area contributed by atoms with Crippen molar-refractivity contribution in [1.82, 2.24) is 14.5 Å². The third-order valence-corrected chi connectivity index (χ3v) is 5.03. The number of nitrogens with zero attached hydrogens (tertiary/aromatic N) is 3. The first-order valence-electron chi connectivity index (χ1n) is 9.54. The largest absolute Gasteiger partial charge is 0.507 e. The molecule has 2 heterocycles. The Bertz CT molecular complexity index is 966. The molecule has 0 fully saturated rings. The Hall–Kier alpha value is -2.36. The number of imidazole rings is 1. The predicted octanol–water partition coefficient (Wildman–Crippen LogP) is 5.40. The average Bonchev–Trinajstić information content (AvgIpc) is 2.89. The van der Waals surface area contributed by atoms with Gasteiger partial charge in [0.05, 0.1) is 12.9 Å². The first-order chi connectivity index (χ1) is 12.4. The number of pyridine rings is 1. The van der Waals surface area contributed by atoms with Gasteiger partial charge in [-0.1, -0.05) is 41.5 Å². The third kappa shape index (κ3) is 3.71. The van der Waals surface area contributed by atoms with Crippen LogP contribution in [0.25, 0.3) is 11.2 Å². The fourth-order valence-corrected chi connectivity index (χ4v) is 3.59. The van der Waals surface area contributed by atoms with Crippen molar-refractivity contribution in [2.45, 2.75) is 72.8 Å². The number of benzene rings is 1. The van der Waals surface area contributed by atoms with Gasteiger partial charge in [-0.2, -0.15) is 0 Å². The average molecular weight is 366 g/mol. The van der Waals surface area contributed by atoms with E-state index in [0.29, 0.717) is 12.3 Å². The van der Waals surface area contributed by atoms with E-state index < -0.39 is 0 Å². The summed E-state index contributed by atoms with van der Waals surface area (Å²) >= 11 is 0. The highest BCUT2D eigenvalue weighted by atomic mass is 16.3. The zero-order valence-electron chi connectivity index (χ0n) is 17.8. The summed E-state index contributed by atoms with van der Waals surface area (Å²) in [6, 6.07) is 6.31. The standard InChI is InChI=1S/C23H31N3O/c1-14-9-15(2)25-21-19(14)24-13-26(21)12-16-10-17(22(3,4)5)20(27)18(11-16)23(6,7)8/h9-11,13,27H,12H2,1-8H3. The van der Waals surface area contributed by atoms with Crippen LogP contribution in [0, 0.1) is 13.8 Å². The predicted molar refractivity (Wildman–Crippen MR) is 112 cm³/mol. The van der Waals surface area contributed by atoms with Gasteiger partial charge in [0.25, 0.3) is 0 Å². The summed E-state index contributed by atoms with van der Waals surface area (Å²) in [6.07, 6.45) is 1.87. The van der Waals surface area contributed by atoms with Crippen LogP contribution >= 0.6 is 0 Å². The summed E-state index contributed by atoms with van der Waals surface area (Å²) < 4.78 is 2.10. The van der Waals surface area contributed by atoms with Gasteiger partial charge < -0.3 is 9.67 Å². The summed E-state index contributed by atoms with van der Waals surface area (Å²) in [6.45, 7) is 17.6. The molecule has 4 nitrogen and oxygen atoms in total. The van der Waals surface area contributed by atoms with Crippen LogP contribution in [0.1, 0.15) is 69.5 Å². The Morgan fingerprint density at radius 3 is 2.00 bits per heavy atom. The molecule has 0 aliphatic heterocycles. The normalized spacial score (nSPS) is 12.7. The molecule has 0 spiro atoms. The van der Waals surface area contributed by atoms with Crippen LogP contribution in [-0.4, -0.2) is 19.6 Å². The second-order valence-electron chi connectivity index (χ2n) is 9.66. The number of hydrogen-bond donors (Lipinski definition) is 1. The monoisotopic (exact) mass is 365 g/mol. The highest BCUT2D eigenvalue weighted by Crippen LogP contribution is 2.40. The molecule has 3 aromatic rings. The van der Waals surface area contributed by atoms with Crippen molar-refractivity contribution in [1.29, 1.82) is 0 Å². The van der Waals surface area contributed by atoms with E-state index in [-0.39, 0.29) is 10.8 Å². The lowest BCUT2D eigenvalue weighted by Gasteiger charge is -2.28. The van der Waals surface area contributed by atoms with Gasteiger partial charge >= 0.3 is 0 Å². The summed E-state index contributed by atoms with van der Waals surface area (Å²) in [7, 11) is 0. The Morgan fingerprint density at radius 1 is 0.926 bits per heavy atom. The van der Waals surface area contributed by atoms with Crippen LogP contribution < -0.4 is 0 Å². The van der Waals surface area contributed by atoms with E-state index in [9.17, 15) is 5.11 Å². The molecule has 0 bridgehead atoms. The maximum absolute atomic E-state index is 10.9. The van der Waals surface area contributed by atoms with Crippen LogP contribution in [0.2, 0.25) is 0 Å². The van der Waals surface area contributed by atoms with Gasteiger partial charge in [0.1, 0.15) is 11.3 Å². The van der Waals surface area contributed by atoms with Crippen molar-refractivity contribution in [2.24, 2.45) is 0 Å². The molecule has 3 rings (SSSR count). The molecule has 0 radical (unpaired) electrons. The lowest BCUT2D eigenvalue weighted by Crippen LogP contribution is -2.18. The molecule has 2 aromatic heterocycles. The Balaban J connectivity index is 2.15. The molecular weight excluding hydrogens is 334 g/mol. The molecule has 0 atom stereocenters. The molecule has 1 aromatic carbocycles. The molecule has 0 saturated carbocycles. The highest BCUT2D eigenvalue weighted by molar-refractivity contribution is 5.75. The van der Waals surface area contributed by atoms with Gasteiger partial charge in [0, 0.05) is 5.69 Å². The molecule has 27 heavy (non-hydrogen) atoms. The second-order valence-corrected chi connectivity index (χ2v) is 9.66. The number of rotatable bonds is 2. The van der Waals surface area contributed by atoms with Crippen molar-refractivity contribution >= 4 is 11.2 Å². The van der Waals surface area contributed by atoms with Crippen molar-refractivity contribution in [3.05, 3.63) is 52.5 Å². The van der Waals surface area contributed by atoms with Gasteiger partial charge in [0.2, 0.25) is 0 Å². The fraction of sp³-hybridized carbons (Fsp3) is 0.478. The van der Waals surface area contributed by atoms with Gasteiger partial charge in [0.15, 0.2) is 5.65 Å². The summed E-state index contributed by atoms with van der Waals surface area (Å²) in [5.41, 5.74) is 6.85. The van der Waals surface area contributed by atoms with E-state index >= 15 is 0 Å².